The zero-order chi connectivity index (χ0) is 10.9. The number of quaternary nitrogens is 1. The van der Waals surface area contributed by atoms with E-state index in [0.717, 1.165) is 17.6 Å². The largest absolute Gasteiger partial charge is 0.347 e. The smallest absolute Gasteiger partial charge is 0.180 e. The molecule has 0 atom stereocenters. The zero-order valence-corrected chi connectivity index (χ0v) is 10.3. The molecule has 0 aromatic carbocycles. The highest BCUT2D eigenvalue weighted by Crippen LogP contribution is 2.09. The number of unbranched alkanes of at least 4 members (excludes halogenated alkanes) is 4. The van der Waals surface area contributed by atoms with Gasteiger partial charge >= 0.3 is 0 Å². The Bertz CT molecular complexity index is 115. The molecule has 86 valence electrons. The topological polar surface area (TPSA) is 20.2 Å². The lowest BCUT2D eigenvalue weighted by atomic mass is 10.2. The molecule has 0 heterocycles. The molecule has 0 aliphatic rings. The number of hydrogen-bond donors (Lipinski definition) is 1. The van der Waals surface area contributed by atoms with Crippen LogP contribution in [-0.2, 0) is 0 Å². The van der Waals surface area contributed by atoms with E-state index in [-0.39, 0.29) is 0 Å². The van der Waals surface area contributed by atoms with Gasteiger partial charge in [0.15, 0.2) is 6.73 Å². The molecule has 2 nitrogen and oxygen atoms in total. The summed E-state index contributed by atoms with van der Waals surface area (Å²) in [7, 11) is 2.17. The van der Waals surface area contributed by atoms with Gasteiger partial charge in [-0.05, 0) is 25.7 Å². The number of hydrogen-bond acceptors (Lipinski definition) is 1. The lowest BCUT2D eigenvalue weighted by Crippen LogP contribution is -2.46. The van der Waals surface area contributed by atoms with Crippen LogP contribution in [0.1, 0.15) is 52.4 Å². The Morgan fingerprint density at radius 3 is 1.57 bits per heavy atom. The van der Waals surface area contributed by atoms with Crippen molar-refractivity contribution in [3.63, 3.8) is 0 Å². The molecule has 0 saturated heterocycles. The summed E-state index contributed by atoms with van der Waals surface area (Å²) in [6.45, 7) is 7.01. The third-order valence-corrected chi connectivity index (χ3v) is 2.94. The highest BCUT2D eigenvalue weighted by molar-refractivity contribution is 4.42. The molecule has 0 amide bonds. The number of nitrogens with zero attached hydrogens (tertiary/aromatic N) is 1. The summed E-state index contributed by atoms with van der Waals surface area (Å²) in [4.78, 5) is 0. The molecule has 0 aliphatic carbocycles. The first-order valence-electron chi connectivity index (χ1n) is 6.13. The first kappa shape index (κ1) is 13.9. The SMILES string of the molecule is CCCCC[N+](C)(CO)CCCCC. The van der Waals surface area contributed by atoms with Crippen molar-refractivity contribution in [3.05, 3.63) is 0 Å². The van der Waals surface area contributed by atoms with Crippen molar-refractivity contribution >= 4 is 0 Å². The Morgan fingerprint density at radius 1 is 0.857 bits per heavy atom. The second-order valence-corrected chi connectivity index (χ2v) is 4.62. The zero-order valence-electron chi connectivity index (χ0n) is 10.3. The van der Waals surface area contributed by atoms with Crippen molar-refractivity contribution in [2.45, 2.75) is 52.4 Å². The van der Waals surface area contributed by atoms with Crippen LogP contribution in [0.2, 0.25) is 0 Å². The minimum absolute atomic E-state index is 0.299. The van der Waals surface area contributed by atoms with Gasteiger partial charge in [0.2, 0.25) is 0 Å². The van der Waals surface area contributed by atoms with Crippen molar-refractivity contribution in [2.24, 2.45) is 0 Å². The molecule has 0 aromatic rings. The average Bonchev–Trinajstić information content (AvgIpc) is 2.19. The predicted octanol–water partition coefficient (Wildman–Crippen LogP) is 2.76. The Kier molecular flexibility index (Phi) is 8.20. The van der Waals surface area contributed by atoms with Gasteiger partial charge in [0.25, 0.3) is 0 Å². The summed E-state index contributed by atoms with van der Waals surface area (Å²) in [6, 6.07) is 0. The van der Waals surface area contributed by atoms with E-state index < -0.39 is 0 Å². The molecule has 0 aromatic heterocycles. The molecule has 2 heteroatoms. The maximum absolute atomic E-state index is 9.36. The van der Waals surface area contributed by atoms with Gasteiger partial charge in [-0.15, -0.1) is 0 Å². The van der Waals surface area contributed by atoms with E-state index in [1.54, 1.807) is 0 Å². The maximum Gasteiger partial charge on any atom is 0.180 e. The van der Waals surface area contributed by atoms with Gasteiger partial charge in [-0.1, -0.05) is 26.7 Å². The molecule has 0 aliphatic heterocycles. The molecule has 0 bridgehead atoms. The van der Waals surface area contributed by atoms with Gasteiger partial charge < -0.3 is 9.59 Å². The highest BCUT2D eigenvalue weighted by atomic mass is 16.3. The van der Waals surface area contributed by atoms with E-state index >= 15 is 0 Å². The van der Waals surface area contributed by atoms with Crippen LogP contribution in [0.15, 0.2) is 0 Å². The van der Waals surface area contributed by atoms with E-state index in [0.29, 0.717) is 6.73 Å². The number of aliphatic hydroxyl groups excluding tert-OH is 1. The van der Waals surface area contributed by atoms with Gasteiger partial charge in [0.1, 0.15) is 0 Å². The summed E-state index contributed by atoms with van der Waals surface area (Å²) in [5.74, 6) is 0. The monoisotopic (exact) mass is 202 g/mol. The standard InChI is InChI=1S/C12H28NO/c1-4-6-8-10-13(3,12-14)11-9-7-5-2/h14H,4-12H2,1-3H3/q+1. The van der Waals surface area contributed by atoms with Gasteiger partial charge in [0.05, 0.1) is 20.1 Å². The van der Waals surface area contributed by atoms with Crippen LogP contribution in [0.3, 0.4) is 0 Å². The van der Waals surface area contributed by atoms with Gasteiger partial charge in [-0.25, -0.2) is 0 Å². The molecule has 0 radical (unpaired) electrons. The third-order valence-electron chi connectivity index (χ3n) is 2.94. The Morgan fingerprint density at radius 2 is 1.29 bits per heavy atom. The first-order valence-corrected chi connectivity index (χ1v) is 6.13. The van der Waals surface area contributed by atoms with E-state index in [2.05, 4.69) is 20.9 Å². The predicted molar refractivity (Wildman–Crippen MR) is 62.1 cm³/mol. The molecular weight excluding hydrogens is 174 g/mol. The van der Waals surface area contributed by atoms with Crippen LogP contribution in [-0.4, -0.2) is 36.5 Å². The summed E-state index contributed by atoms with van der Waals surface area (Å²) in [6.07, 6.45) is 7.61. The van der Waals surface area contributed by atoms with Gasteiger partial charge in [0, 0.05) is 0 Å². The van der Waals surface area contributed by atoms with Crippen LogP contribution in [0, 0.1) is 0 Å². The van der Waals surface area contributed by atoms with Crippen LogP contribution in [0.5, 0.6) is 0 Å². The van der Waals surface area contributed by atoms with Gasteiger partial charge in [-0.3, -0.25) is 0 Å². The Hall–Kier alpha value is -0.0800. The van der Waals surface area contributed by atoms with Crippen molar-refractivity contribution in [3.8, 4) is 0 Å². The lowest BCUT2D eigenvalue weighted by Gasteiger charge is -2.32. The summed E-state index contributed by atoms with van der Waals surface area (Å²) in [5.41, 5.74) is 0. The second kappa shape index (κ2) is 8.25. The summed E-state index contributed by atoms with van der Waals surface area (Å²) < 4.78 is 0.847. The van der Waals surface area contributed by atoms with Crippen molar-refractivity contribution in [2.75, 3.05) is 26.9 Å². The fourth-order valence-corrected chi connectivity index (χ4v) is 1.74. The molecule has 0 rings (SSSR count). The van der Waals surface area contributed by atoms with Crippen LogP contribution >= 0.6 is 0 Å². The molecular formula is C12H28NO+. The fraction of sp³-hybridized carbons (Fsp3) is 1.00. The van der Waals surface area contributed by atoms with E-state index in [9.17, 15) is 5.11 Å². The number of rotatable bonds is 9. The molecule has 0 saturated carbocycles. The maximum atomic E-state index is 9.36. The van der Waals surface area contributed by atoms with Crippen LogP contribution < -0.4 is 0 Å². The summed E-state index contributed by atoms with van der Waals surface area (Å²) >= 11 is 0. The van der Waals surface area contributed by atoms with E-state index in [1.807, 2.05) is 0 Å². The average molecular weight is 202 g/mol. The van der Waals surface area contributed by atoms with Gasteiger partial charge in [-0.2, -0.15) is 0 Å². The molecule has 0 unspecified atom stereocenters. The molecule has 14 heavy (non-hydrogen) atoms. The van der Waals surface area contributed by atoms with E-state index in [4.69, 9.17) is 0 Å². The Balaban J connectivity index is 3.67. The minimum atomic E-state index is 0.299. The Labute approximate surface area is 89.5 Å². The van der Waals surface area contributed by atoms with Crippen LogP contribution in [0.25, 0.3) is 0 Å². The number of aliphatic hydroxyl groups is 1. The minimum Gasteiger partial charge on any atom is -0.347 e. The van der Waals surface area contributed by atoms with Crippen molar-refractivity contribution in [1.82, 2.24) is 0 Å². The molecule has 0 spiro atoms. The fourth-order valence-electron chi connectivity index (χ4n) is 1.74. The normalized spacial score (nSPS) is 12.0. The van der Waals surface area contributed by atoms with E-state index in [1.165, 1.54) is 38.5 Å². The quantitative estimate of drug-likeness (QED) is 0.346. The highest BCUT2D eigenvalue weighted by Gasteiger charge is 2.18. The first-order chi connectivity index (χ1) is 6.68. The van der Waals surface area contributed by atoms with Crippen LogP contribution in [0.4, 0.5) is 0 Å². The lowest BCUT2D eigenvalue weighted by molar-refractivity contribution is -0.927. The third kappa shape index (κ3) is 6.39. The second-order valence-electron chi connectivity index (χ2n) is 4.62. The molecule has 0 fully saturated rings. The summed E-state index contributed by atoms with van der Waals surface area (Å²) in [5, 5.41) is 9.36. The van der Waals surface area contributed by atoms with Crippen molar-refractivity contribution < 1.29 is 9.59 Å². The van der Waals surface area contributed by atoms with Crippen molar-refractivity contribution in [1.29, 1.82) is 0 Å². The molecule has 1 N–H and O–H groups in total.